The van der Waals surface area contributed by atoms with Gasteiger partial charge in [-0.3, -0.25) is 0 Å². The molecule has 0 radical (unpaired) electrons. The van der Waals surface area contributed by atoms with Crippen LogP contribution in [0.1, 0.15) is 11.3 Å². The summed E-state index contributed by atoms with van der Waals surface area (Å²) < 4.78 is 15.1. The van der Waals surface area contributed by atoms with Crippen LogP contribution in [0.3, 0.4) is 0 Å². The molecule has 0 atom stereocenters. The summed E-state index contributed by atoms with van der Waals surface area (Å²) in [4.78, 5) is 0. The van der Waals surface area contributed by atoms with Crippen molar-refractivity contribution in [2.45, 2.75) is 13.0 Å². The van der Waals surface area contributed by atoms with Gasteiger partial charge in [0.1, 0.15) is 5.82 Å². The molecule has 1 aromatic heterocycles. The van der Waals surface area contributed by atoms with Gasteiger partial charge in [-0.2, -0.15) is 5.10 Å². The molecule has 0 saturated carbocycles. The van der Waals surface area contributed by atoms with Gasteiger partial charge in [-0.25, -0.2) is 9.07 Å². The molecule has 0 bridgehead atoms. The summed E-state index contributed by atoms with van der Waals surface area (Å²) in [7, 11) is 0. The fourth-order valence-corrected chi connectivity index (χ4v) is 3.11. The summed E-state index contributed by atoms with van der Waals surface area (Å²) in [5.74, 6) is -0.241. The van der Waals surface area contributed by atoms with Crippen molar-refractivity contribution in [3.05, 3.63) is 70.6 Å². The Morgan fingerprint density at radius 3 is 2.52 bits per heavy atom. The fraction of sp³-hybridized carbons (Fsp3) is 0.167. The van der Waals surface area contributed by atoms with Crippen LogP contribution < -0.4 is 5.32 Å². The SMILES string of the molecule is Fc1ccc(-n2nc(-c3ccc(Cl)cc3)c3c2CCNC3)cc1. The molecule has 2 aromatic carbocycles. The lowest BCUT2D eigenvalue weighted by atomic mass is 10.0. The second-order valence-electron chi connectivity index (χ2n) is 5.60. The van der Waals surface area contributed by atoms with Crippen LogP contribution in [0, 0.1) is 5.82 Å². The number of rotatable bonds is 2. The minimum absolute atomic E-state index is 0.241. The molecule has 5 heteroatoms. The highest BCUT2D eigenvalue weighted by Crippen LogP contribution is 2.30. The highest BCUT2D eigenvalue weighted by molar-refractivity contribution is 6.30. The Morgan fingerprint density at radius 2 is 1.78 bits per heavy atom. The molecule has 1 aliphatic heterocycles. The number of aromatic nitrogens is 2. The third-order valence-corrected chi connectivity index (χ3v) is 4.37. The first kappa shape index (κ1) is 14.4. The third-order valence-electron chi connectivity index (χ3n) is 4.12. The minimum Gasteiger partial charge on any atom is -0.312 e. The van der Waals surface area contributed by atoms with Crippen LogP contribution >= 0.6 is 11.6 Å². The maximum atomic E-state index is 13.2. The van der Waals surface area contributed by atoms with Gasteiger partial charge in [-0.15, -0.1) is 0 Å². The van der Waals surface area contributed by atoms with Gasteiger partial charge in [0.05, 0.1) is 17.1 Å². The highest BCUT2D eigenvalue weighted by Gasteiger charge is 2.22. The zero-order valence-corrected chi connectivity index (χ0v) is 13.1. The molecule has 116 valence electrons. The maximum Gasteiger partial charge on any atom is 0.123 e. The maximum absolute atomic E-state index is 13.2. The summed E-state index contributed by atoms with van der Waals surface area (Å²) in [5.41, 5.74) is 5.25. The van der Waals surface area contributed by atoms with Crippen molar-refractivity contribution in [3.63, 3.8) is 0 Å². The van der Waals surface area contributed by atoms with Gasteiger partial charge < -0.3 is 5.32 Å². The zero-order valence-electron chi connectivity index (χ0n) is 12.4. The van der Waals surface area contributed by atoms with Gasteiger partial charge in [0.2, 0.25) is 0 Å². The molecule has 3 aromatic rings. The first-order chi connectivity index (χ1) is 11.2. The summed E-state index contributed by atoms with van der Waals surface area (Å²) in [6.07, 6.45) is 0.896. The van der Waals surface area contributed by atoms with Crippen LogP contribution in [0.5, 0.6) is 0 Å². The van der Waals surface area contributed by atoms with E-state index in [1.807, 2.05) is 28.9 Å². The Morgan fingerprint density at radius 1 is 1.04 bits per heavy atom. The van der Waals surface area contributed by atoms with E-state index in [1.165, 1.54) is 23.4 Å². The van der Waals surface area contributed by atoms with Crippen molar-refractivity contribution in [1.29, 1.82) is 0 Å². The molecule has 0 aliphatic carbocycles. The van der Waals surface area contributed by atoms with Crippen LogP contribution in [0.4, 0.5) is 4.39 Å². The number of hydrogen-bond acceptors (Lipinski definition) is 2. The van der Waals surface area contributed by atoms with E-state index in [1.54, 1.807) is 12.1 Å². The molecular formula is C18H15ClFN3. The summed E-state index contributed by atoms with van der Waals surface area (Å²) in [6.45, 7) is 1.70. The molecule has 0 spiro atoms. The lowest BCUT2D eigenvalue weighted by Crippen LogP contribution is -2.24. The molecule has 0 amide bonds. The van der Waals surface area contributed by atoms with Gasteiger partial charge in [0.25, 0.3) is 0 Å². The molecule has 0 saturated heterocycles. The molecule has 0 fully saturated rings. The smallest absolute Gasteiger partial charge is 0.123 e. The molecule has 2 heterocycles. The average molecular weight is 328 g/mol. The third kappa shape index (κ3) is 2.64. The highest BCUT2D eigenvalue weighted by atomic mass is 35.5. The normalized spacial score (nSPS) is 13.8. The monoisotopic (exact) mass is 327 g/mol. The summed E-state index contributed by atoms with van der Waals surface area (Å²) in [6, 6.07) is 14.2. The van der Waals surface area contributed by atoms with Gasteiger partial charge in [0.15, 0.2) is 0 Å². The van der Waals surface area contributed by atoms with E-state index in [2.05, 4.69) is 5.32 Å². The van der Waals surface area contributed by atoms with Crippen LogP contribution in [0.25, 0.3) is 16.9 Å². The number of nitrogens with zero attached hydrogens (tertiary/aromatic N) is 2. The first-order valence-corrected chi connectivity index (χ1v) is 7.93. The molecule has 3 nitrogen and oxygen atoms in total. The number of fused-ring (bicyclic) bond motifs is 1. The molecule has 23 heavy (non-hydrogen) atoms. The lowest BCUT2D eigenvalue weighted by Gasteiger charge is -2.15. The predicted molar refractivity (Wildman–Crippen MR) is 89.4 cm³/mol. The minimum atomic E-state index is -0.241. The Labute approximate surface area is 138 Å². The quantitative estimate of drug-likeness (QED) is 0.771. The molecule has 1 aliphatic rings. The van der Waals surface area contributed by atoms with Crippen LogP contribution in [0.15, 0.2) is 48.5 Å². The Hall–Kier alpha value is -2.17. The number of hydrogen-bond donors (Lipinski definition) is 1. The second-order valence-corrected chi connectivity index (χ2v) is 6.03. The van der Waals surface area contributed by atoms with Crippen LogP contribution in [-0.4, -0.2) is 16.3 Å². The van der Waals surface area contributed by atoms with E-state index >= 15 is 0 Å². The van der Waals surface area contributed by atoms with Crippen molar-refractivity contribution < 1.29 is 4.39 Å². The topological polar surface area (TPSA) is 29.9 Å². The van der Waals surface area contributed by atoms with E-state index in [0.717, 1.165) is 36.5 Å². The Kier molecular flexibility index (Phi) is 3.63. The molecule has 0 unspecified atom stereocenters. The van der Waals surface area contributed by atoms with Crippen molar-refractivity contribution in [3.8, 4) is 16.9 Å². The van der Waals surface area contributed by atoms with E-state index in [-0.39, 0.29) is 5.82 Å². The van der Waals surface area contributed by atoms with Crippen molar-refractivity contribution in [2.75, 3.05) is 6.54 Å². The first-order valence-electron chi connectivity index (χ1n) is 7.56. The van der Waals surface area contributed by atoms with Gasteiger partial charge in [0, 0.05) is 35.7 Å². The van der Waals surface area contributed by atoms with Crippen molar-refractivity contribution >= 4 is 11.6 Å². The predicted octanol–water partition coefficient (Wildman–Crippen LogP) is 3.98. The van der Waals surface area contributed by atoms with Crippen molar-refractivity contribution in [1.82, 2.24) is 15.1 Å². The number of benzene rings is 2. The zero-order chi connectivity index (χ0) is 15.8. The van der Waals surface area contributed by atoms with Crippen LogP contribution in [-0.2, 0) is 13.0 Å². The van der Waals surface area contributed by atoms with Crippen molar-refractivity contribution in [2.24, 2.45) is 0 Å². The molecule has 4 rings (SSSR count). The molecular weight excluding hydrogens is 313 g/mol. The van der Waals surface area contributed by atoms with E-state index in [4.69, 9.17) is 16.7 Å². The number of halogens is 2. The largest absolute Gasteiger partial charge is 0.312 e. The molecule has 1 N–H and O–H groups in total. The average Bonchev–Trinajstić information content (AvgIpc) is 2.96. The summed E-state index contributed by atoms with van der Waals surface area (Å²) in [5, 5.41) is 8.91. The Balaban J connectivity index is 1.87. The summed E-state index contributed by atoms with van der Waals surface area (Å²) >= 11 is 5.98. The fourth-order valence-electron chi connectivity index (χ4n) is 2.98. The standard InChI is InChI=1S/C18H15ClFN3/c19-13-3-1-12(2-4-13)18-16-11-21-10-9-17(16)23(22-18)15-7-5-14(20)6-8-15/h1-8,21H,9-11H2. The van der Waals surface area contributed by atoms with E-state index in [9.17, 15) is 4.39 Å². The van der Waals surface area contributed by atoms with Gasteiger partial charge >= 0.3 is 0 Å². The Bertz CT molecular complexity index is 768. The van der Waals surface area contributed by atoms with E-state index in [0.29, 0.717) is 5.02 Å². The second kappa shape index (κ2) is 5.80. The van der Waals surface area contributed by atoms with Gasteiger partial charge in [-0.1, -0.05) is 23.7 Å². The van der Waals surface area contributed by atoms with Crippen LogP contribution in [0.2, 0.25) is 5.02 Å². The number of nitrogens with one attached hydrogen (secondary N) is 1. The van der Waals surface area contributed by atoms with E-state index < -0.39 is 0 Å². The van der Waals surface area contributed by atoms with Gasteiger partial charge in [-0.05, 0) is 36.4 Å². The lowest BCUT2D eigenvalue weighted by molar-refractivity contribution is 0.618.